The van der Waals surface area contributed by atoms with E-state index >= 15 is 0 Å². The fourth-order valence-corrected chi connectivity index (χ4v) is 1.43. The Balaban J connectivity index is 2.92. The summed E-state index contributed by atoms with van der Waals surface area (Å²) in [5.74, 6) is -0.101. The highest BCUT2D eigenvalue weighted by Gasteiger charge is 2.13. The molecule has 0 bridgehead atoms. The smallest absolute Gasteiger partial charge is 0.255 e. The van der Waals surface area contributed by atoms with E-state index < -0.39 is 18.8 Å². The van der Waals surface area contributed by atoms with Gasteiger partial charge in [0.05, 0.1) is 12.7 Å². The number of nitrogens with one attached hydrogen (secondary N) is 1. The van der Waals surface area contributed by atoms with Crippen LogP contribution in [0.25, 0.3) is 0 Å². The predicted molar refractivity (Wildman–Crippen MR) is 56.2 cm³/mol. The maximum absolute atomic E-state index is 12.9. The maximum Gasteiger partial charge on any atom is 0.255 e. The summed E-state index contributed by atoms with van der Waals surface area (Å²) in [7, 11) is 3.20. The van der Waals surface area contributed by atoms with Gasteiger partial charge < -0.3 is 10.2 Å². The first kappa shape index (κ1) is 12.8. The molecule has 0 aromatic carbocycles. The van der Waals surface area contributed by atoms with Crippen molar-refractivity contribution in [1.82, 2.24) is 10.3 Å². The number of halogens is 3. The van der Waals surface area contributed by atoms with E-state index in [4.69, 9.17) is 0 Å². The van der Waals surface area contributed by atoms with E-state index in [0.29, 0.717) is 17.9 Å². The van der Waals surface area contributed by atoms with E-state index in [1.165, 1.54) is 18.0 Å². The molecule has 0 amide bonds. The van der Waals surface area contributed by atoms with Gasteiger partial charge in [-0.25, -0.2) is 18.2 Å². The Labute approximate surface area is 92.3 Å². The highest BCUT2D eigenvalue weighted by molar-refractivity contribution is 5.46. The molecule has 0 radical (unpaired) electrons. The van der Waals surface area contributed by atoms with Gasteiger partial charge in [-0.2, -0.15) is 0 Å². The second kappa shape index (κ2) is 5.69. The van der Waals surface area contributed by atoms with Crippen LogP contribution < -0.4 is 10.2 Å². The monoisotopic (exact) mass is 233 g/mol. The van der Waals surface area contributed by atoms with Gasteiger partial charge in [0, 0.05) is 19.2 Å². The first-order chi connectivity index (χ1) is 7.54. The van der Waals surface area contributed by atoms with Crippen molar-refractivity contribution in [2.75, 3.05) is 25.5 Å². The van der Waals surface area contributed by atoms with Gasteiger partial charge in [-0.15, -0.1) is 0 Å². The summed E-state index contributed by atoms with van der Waals surface area (Å²) in [6.45, 7) is -0.0387. The molecule has 0 unspecified atom stereocenters. The lowest BCUT2D eigenvalue weighted by atomic mass is 10.2. The van der Waals surface area contributed by atoms with Crippen LogP contribution in [0.15, 0.2) is 12.3 Å². The molecule has 1 rings (SSSR count). The summed E-state index contributed by atoms with van der Waals surface area (Å²) < 4.78 is 37.4. The topological polar surface area (TPSA) is 28.2 Å². The summed E-state index contributed by atoms with van der Waals surface area (Å²) >= 11 is 0. The molecule has 1 N–H and O–H groups in total. The number of pyridine rings is 1. The summed E-state index contributed by atoms with van der Waals surface area (Å²) in [6.07, 6.45) is -1.42. The van der Waals surface area contributed by atoms with Crippen LogP contribution in [0.1, 0.15) is 5.56 Å². The Hall–Kier alpha value is -1.30. The van der Waals surface area contributed by atoms with Crippen molar-refractivity contribution in [3.8, 4) is 0 Å². The molecule has 1 aromatic heterocycles. The largest absolute Gasteiger partial charge is 0.354 e. The first-order valence-corrected chi connectivity index (χ1v) is 4.83. The number of alkyl halides is 2. The minimum atomic E-state index is -2.45. The minimum Gasteiger partial charge on any atom is -0.354 e. The van der Waals surface area contributed by atoms with Crippen LogP contribution in [0.4, 0.5) is 19.0 Å². The molecule has 1 aromatic rings. The zero-order valence-electron chi connectivity index (χ0n) is 9.17. The van der Waals surface area contributed by atoms with Crippen molar-refractivity contribution >= 4 is 5.82 Å². The lowest BCUT2D eigenvalue weighted by Gasteiger charge is -2.20. The minimum absolute atomic E-state index is 0.371. The third-order valence-corrected chi connectivity index (χ3v) is 2.05. The van der Waals surface area contributed by atoms with E-state index in [0.717, 1.165) is 6.20 Å². The predicted octanol–water partition coefficient (Wildman–Crippen LogP) is 1.64. The maximum atomic E-state index is 12.9. The Bertz CT molecular complexity index is 344. The second-order valence-electron chi connectivity index (χ2n) is 3.44. The van der Waals surface area contributed by atoms with E-state index in [9.17, 15) is 13.2 Å². The number of aromatic nitrogens is 1. The van der Waals surface area contributed by atoms with Gasteiger partial charge in [-0.3, -0.25) is 0 Å². The van der Waals surface area contributed by atoms with Crippen molar-refractivity contribution in [3.05, 3.63) is 23.6 Å². The van der Waals surface area contributed by atoms with Crippen molar-refractivity contribution in [2.45, 2.75) is 13.0 Å². The van der Waals surface area contributed by atoms with Gasteiger partial charge in [-0.1, -0.05) is 0 Å². The molecule has 0 aliphatic heterocycles. The van der Waals surface area contributed by atoms with E-state index in [-0.39, 0.29) is 0 Å². The van der Waals surface area contributed by atoms with Gasteiger partial charge in [0.2, 0.25) is 0 Å². The summed E-state index contributed by atoms with van der Waals surface area (Å²) in [6, 6.07) is 1.29. The van der Waals surface area contributed by atoms with Crippen molar-refractivity contribution in [3.63, 3.8) is 0 Å². The molecule has 90 valence electrons. The lowest BCUT2D eigenvalue weighted by Crippen LogP contribution is -2.26. The summed E-state index contributed by atoms with van der Waals surface area (Å²) in [4.78, 5) is 5.14. The van der Waals surface area contributed by atoms with Crippen molar-refractivity contribution in [1.29, 1.82) is 0 Å². The summed E-state index contributed by atoms with van der Waals surface area (Å²) in [5.41, 5.74) is 0.561. The zero-order valence-corrected chi connectivity index (χ0v) is 9.17. The number of hydrogen-bond acceptors (Lipinski definition) is 3. The molecule has 0 fully saturated rings. The Kier molecular flexibility index (Phi) is 4.54. The molecule has 0 saturated carbocycles. The van der Waals surface area contributed by atoms with Crippen molar-refractivity contribution < 1.29 is 13.2 Å². The molecular weight excluding hydrogens is 219 g/mol. The third kappa shape index (κ3) is 3.37. The van der Waals surface area contributed by atoms with Crippen LogP contribution in [0.3, 0.4) is 0 Å². The standard InChI is InChI=1S/C10H14F3N3/c1-14-4-7-3-8(11)5-15-10(7)16(2)6-9(12)13/h3,5,9,14H,4,6H2,1-2H3. The zero-order chi connectivity index (χ0) is 12.1. The highest BCUT2D eigenvalue weighted by atomic mass is 19.3. The van der Waals surface area contributed by atoms with Crippen molar-refractivity contribution in [2.24, 2.45) is 0 Å². The average molecular weight is 233 g/mol. The quantitative estimate of drug-likeness (QED) is 0.838. The van der Waals surface area contributed by atoms with Gasteiger partial charge in [-0.05, 0) is 13.1 Å². The second-order valence-corrected chi connectivity index (χ2v) is 3.44. The summed E-state index contributed by atoms with van der Waals surface area (Å²) in [5, 5.41) is 2.84. The fourth-order valence-electron chi connectivity index (χ4n) is 1.43. The van der Waals surface area contributed by atoms with Crippen LogP contribution in [0.5, 0.6) is 0 Å². The van der Waals surface area contributed by atoms with Gasteiger partial charge in [0.15, 0.2) is 0 Å². The Morgan fingerprint density at radius 2 is 2.19 bits per heavy atom. The molecule has 0 saturated heterocycles. The highest BCUT2D eigenvalue weighted by Crippen LogP contribution is 2.18. The normalized spacial score (nSPS) is 10.9. The van der Waals surface area contributed by atoms with Crippen LogP contribution >= 0.6 is 0 Å². The Morgan fingerprint density at radius 3 is 2.75 bits per heavy atom. The molecular formula is C10H14F3N3. The van der Waals surface area contributed by atoms with E-state index in [1.807, 2.05) is 0 Å². The molecule has 0 aliphatic rings. The molecule has 0 spiro atoms. The number of nitrogens with zero attached hydrogens (tertiary/aromatic N) is 2. The van der Waals surface area contributed by atoms with Crippen LogP contribution in [-0.4, -0.2) is 32.0 Å². The molecule has 0 aliphatic carbocycles. The molecule has 0 atom stereocenters. The average Bonchev–Trinajstić information content (AvgIpc) is 2.17. The van der Waals surface area contributed by atoms with Crippen LogP contribution in [0, 0.1) is 5.82 Å². The van der Waals surface area contributed by atoms with Gasteiger partial charge in [0.1, 0.15) is 11.6 Å². The first-order valence-electron chi connectivity index (χ1n) is 4.83. The molecule has 1 heterocycles. The van der Waals surface area contributed by atoms with E-state index in [2.05, 4.69) is 10.3 Å². The fraction of sp³-hybridized carbons (Fsp3) is 0.500. The number of anilines is 1. The Morgan fingerprint density at radius 1 is 1.50 bits per heavy atom. The number of rotatable bonds is 5. The van der Waals surface area contributed by atoms with Crippen LogP contribution in [0.2, 0.25) is 0 Å². The lowest BCUT2D eigenvalue weighted by molar-refractivity contribution is 0.156. The van der Waals surface area contributed by atoms with Gasteiger partial charge >= 0.3 is 0 Å². The number of hydrogen-bond donors (Lipinski definition) is 1. The molecule has 6 heteroatoms. The van der Waals surface area contributed by atoms with Crippen LogP contribution in [-0.2, 0) is 6.54 Å². The third-order valence-electron chi connectivity index (χ3n) is 2.05. The van der Waals surface area contributed by atoms with E-state index in [1.54, 1.807) is 7.05 Å². The molecule has 16 heavy (non-hydrogen) atoms. The van der Waals surface area contributed by atoms with Gasteiger partial charge in [0.25, 0.3) is 6.43 Å². The molecule has 3 nitrogen and oxygen atoms in total. The SMILES string of the molecule is CNCc1cc(F)cnc1N(C)CC(F)F.